The van der Waals surface area contributed by atoms with Crippen molar-refractivity contribution in [3.05, 3.63) is 113 Å². The molecule has 1 aromatic heterocycles. The zero-order chi connectivity index (χ0) is 23.5. The first-order valence-corrected chi connectivity index (χ1v) is 11.2. The predicted octanol–water partition coefficient (Wildman–Crippen LogP) is 5.44. The zero-order valence-electron chi connectivity index (χ0n) is 18.4. The van der Waals surface area contributed by atoms with E-state index in [1.54, 1.807) is 4.68 Å². The van der Waals surface area contributed by atoms with Crippen LogP contribution in [0.15, 0.2) is 96.5 Å². The normalized spacial score (nSPS) is 14.8. The van der Waals surface area contributed by atoms with E-state index in [0.717, 1.165) is 11.1 Å². The minimum absolute atomic E-state index is 0.227. The molecule has 0 bridgehead atoms. The van der Waals surface area contributed by atoms with Gasteiger partial charge in [0.05, 0.1) is 5.57 Å². The Kier molecular flexibility index (Phi) is 6.01. The smallest absolute Gasteiger partial charge is 0.255 e. The molecule has 7 nitrogen and oxygen atoms in total. The van der Waals surface area contributed by atoms with Crippen LogP contribution in [0.5, 0.6) is 5.75 Å². The van der Waals surface area contributed by atoms with Gasteiger partial charge in [-0.2, -0.15) is 10.1 Å². The molecule has 170 valence electrons. The first-order chi connectivity index (χ1) is 16.6. The van der Waals surface area contributed by atoms with Crippen LogP contribution in [0.2, 0.25) is 5.02 Å². The fourth-order valence-electron chi connectivity index (χ4n) is 3.97. The number of benzene rings is 3. The molecular formula is C26H22ClN5O2. The van der Waals surface area contributed by atoms with Gasteiger partial charge in [-0.1, -0.05) is 60.1 Å². The van der Waals surface area contributed by atoms with Crippen molar-refractivity contribution in [3.8, 4) is 5.75 Å². The van der Waals surface area contributed by atoms with Crippen LogP contribution in [0.3, 0.4) is 0 Å². The van der Waals surface area contributed by atoms with E-state index in [9.17, 15) is 4.79 Å². The number of ether oxygens (including phenoxy) is 1. The van der Waals surface area contributed by atoms with Crippen molar-refractivity contribution < 1.29 is 9.53 Å². The molecule has 0 saturated carbocycles. The highest BCUT2D eigenvalue weighted by Crippen LogP contribution is 2.39. The minimum atomic E-state index is -0.524. The second-order valence-electron chi connectivity index (χ2n) is 7.87. The number of allylic oxidation sites excluding steroid dienone is 1. The number of anilines is 2. The van der Waals surface area contributed by atoms with Gasteiger partial charge in [0.15, 0.2) is 0 Å². The molecule has 0 saturated heterocycles. The van der Waals surface area contributed by atoms with E-state index in [0.29, 0.717) is 40.3 Å². The standard InChI is InChI=1S/C26H22ClN5O2/c1-17-23(25(33)31-20-7-3-2-4-8-20)24(32-26(30-17)28-16-29-32)21-9-5-6-10-22(21)34-15-18-11-13-19(27)14-12-18/h2-14,16,24H,15H2,1H3,(H,31,33)(H,28,29,30)/t24-/m0/s1. The Bertz CT molecular complexity index is 1350. The van der Waals surface area contributed by atoms with Crippen LogP contribution in [0.25, 0.3) is 0 Å². The SMILES string of the molecule is CC1=C(C(=O)Nc2ccccc2)[C@H](c2ccccc2OCc2ccc(Cl)cc2)n2ncnc2N1. The van der Waals surface area contributed by atoms with Gasteiger partial charge in [-0.3, -0.25) is 4.79 Å². The lowest BCUT2D eigenvalue weighted by Crippen LogP contribution is -2.31. The summed E-state index contributed by atoms with van der Waals surface area (Å²) in [5, 5.41) is 11.3. The Balaban J connectivity index is 1.51. The lowest BCUT2D eigenvalue weighted by molar-refractivity contribution is -0.113. The second kappa shape index (κ2) is 9.41. The summed E-state index contributed by atoms with van der Waals surface area (Å²) in [4.78, 5) is 17.8. The number of halogens is 1. The molecule has 1 amide bonds. The number of para-hydroxylation sites is 2. The van der Waals surface area contributed by atoms with Crippen LogP contribution in [-0.4, -0.2) is 20.7 Å². The number of nitrogens with one attached hydrogen (secondary N) is 2. The van der Waals surface area contributed by atoms with Gasteiger partial charge in [0.1, 0.15) is 24.7 Å². The van der Waals surface area contributed by atoms with Crippen molar-refractivity contribution in [2.45, 2.75) is 19.6 Å². The van der Waals surface area contributed by atoms with Crippen LogP contribution in [-0.2, 0) is 11.4 Å². The summed E-state index contributed by atoms with van der Waals surface area (Å²) in [5.41, 5.74) is 3.74. The maximum absolute atomic E-state index is 13.5. The number of carbonyl (C=O) groups excluding carboxylic acids is 1. The monoisotopic (exact) mass is 471 g/mol. The third-order valence-electron chi connectivity index (χ3n) is 5.59. The van der Waals surface area contributed by atoms with Crippen molar-refractivity contribution in [3.63, 3.8) is 0 Å². The van der Waals surface area contributed by atoms with E-state index >= 15 is 0 Å². The van der Waals surface area contributed by atoms with Gasteiger partial charge < -0.3 is 15.4 Å². The molecule has 1 aliphatic heterocycles. The third kappa shape index (κ3) is 4.38. The van der Waals surface area contributed by atoms with Gasteiger partial charge in [0.2, 0.25) is 5.95 Å². The molecule has 3 aromatic carbocycles. The van der Waals surface area contributed by atoms with Gasteiger partial charge >= 0.3 is 0 Å². The molecule has 0 fully saturated rings. The van der Waals surface area contributed by atoms with Crippen molar-refractivity contribution >= 4 is 29.1 Å². The molecular weight excluding hydrogens is 450 g/mol. The average molecular weight is 472 g/mol. The number of hydrogen-bond donors (Lipinski definition) is 2. The Morgan fingerprint density at radius 2 is 1.79 bits per heavy atom. The largest absolute Gasteiger partial charge is 0.489 e. The highest BCUT2D eigenvalue weighted by Gasteiger charge is 2.35. The lowest BCUT2D eigenvalue weighted by atomic mass is 9.94. The Morgan fingerprint density at radius 1 is 1.06 bits per heavy atom. The fourth-order valence-corrected chi connectivity index (χ4v) is 4.10. The van der Waals surface area contributed by atoms with E-state index in [2.05, 4.69) is 20.7 Å². The van der Waals surface area contributed by atoms with Gasteiger partial charge in [0, 0.05) is 22.0 Å². The van der Waals surface area contributed by atoms with E-state index in [1.165, 1.54) is 6.33 Å². The van der Waals surface area contributed by atoms with Gasteiger partial charge in [0.25, 0.3) is 5.91 Å². The van der Waals surface area contributed by atoms with E-state index in [1.807, 2.05) is 85.8 Å². The predicted molar refractivity (Wildman–Crippen MR) is 132 cm³/mol. The van der Waals surface area contributed by atoms with Crippen molar-refractivity contribution in [1.82, 2.24) is 14.8 Å². The van der Waals surface area contributed by atoms with Crippen LogP contribution < -0.4 is 15.4 Å². The van der Waals surface area contributed by atoms with Crippen molar-refractivity contribution in [2.24, 2.45) is 0 Å². The summed E-state index contributed by atoms with van der Waals surface area (Å²) in [5.74, 6) is 0.990. The van der Waals surface area contributed by atoms with E-state index in [-0.39, 0.29) is 5.91 Å². The lowest BCUT2D eigenvalue weighted by Gasteiger charge is -2.29. The van der Waals surface area contributed by atoms with Crippen LogP contribution in [0.1, 0.15) is 24.1 Å². The summed E-state index contributed by atoms with van der Waals surface area (Å²) in [6.45, 7) is 2.22. The quantitative estimate of drug-likeness (QED) is 0.391. The number of aromatic nitrogens is 3. The maximum atomic E-state index is 13.5. The number of nitrogens with zero attached hydrogens (tertiary/aromatic N) is 3. The Hall–Kier alpha value is -4.10. The Labute approximate surface area is 202 Å². The molecule has 4 aromatic rings. The zero-order valence-corrected chi connectivity index (χ0v) is 19.2. The highest BCUT2D eigenvalue weighted by atomic mass is 35.5. The molecule has 5 rings (SSSR count). The number of amides is 1. The molecule has 1 atom stereocenters. The summed E-state index contributed by atoms with van der Waals surface area (Å²) in [6.07, 6.45) is 1.47. The first kappa shape index (κ1) is 21.7. The van der Waals surface area contributed by atoms with Gasteiger partial charge in [-0.05, 0) is 42.8 Å². The maximum Gasteiger partial charge on any atom is 0.255 e. The summed E-state index contributed by atoms with van der Waals surface area (Å²) in [6, 6.07) is 24.0. The molecule has 0 aliphatic carbocycles. The number of fused-ring (bicyclic) bond motifs is 1. The molecule has 0 unspecified atom stereocenters. The minimum Gasteiger partial charge on any atom is -0.489 e. The first-order valence-electron chi connectivity index (χ1n) is 10.8. The van der Waals surface area contributed by atoms with Crippen molar-refractivity contribution in [2.75, 3.05) is 10.6 Å². The average Bonchev–Trinajstić information content (AvgIpc) is 3.32. The third-order valence-corrected chi connectivity index (χ3v) is 5.84. The van der Waals surface area contributed by atoms with Gasteiger partial charge in [-0.15, -0.1) is 0 Å². The summed E-state index contributed by atoms with van der Waals surface area (Å²) >= 11 is 6.00. The number of hydrogen-bond acceptors (Lipinski definition) is 5. The van der Waals surface area contributed by atoms with E-state index < -0.39 is 6.04 Å². The number of carbonyl (C=O) groups is 1. The fraction of sp³-hybridized carbons (Fsp3) is 0.115. The van der Waals surface area contributed by atoms with Gasteiger partial charge in [-0.25, -0.2) is 4.68 Å². The van der Waals surface area contributed by atoms with Crippen LogP contribution in [0, 0.1) is 0 Å². The summed E-state index contributed by atoms with van der Waals surface area (Å²) in [7, 11) is 0. The molecule has 2 N–H and O–H groups in total. The molecule has 0 radical (unpaired) electrons. The second-order valence-corrected chi connectivity index (χ2v) is 8.30. The van der Waals surface area contributed by atoms with Crippen LogP contribution >= 0.6 is 11.6 Å². The Morgan fingerprint density at radius 3 is 2.59 bits per heavy atom. The molecule has 2 heterocycles. The number of rotatable bonds is 6. The topological polar surface area (TPSA) is 81.1 Å². The molecule has 1 aliphatic rings. The van der Waals surface area contributed by atoms with Crippen molar-refractivity contribution in [1.29, 1.82) is 0 Å². The summed E-state index contributed by atoms with van der Waals surface area (Å²) < 4.78 is 7.92. The molecule has 8 heteroatoms. The highest BCUT2D eigenvalue weighted by molar-refractivity contribution is 6.30. The molecule has 34 heavy (non-hydrogen) atoms. The van der Waals surface area contributed by atoms with Crippen LogP contribution in [0.4, 0.5) is 11.6 Å². The molecule has 0 spiro atoms. The van der Waals surface area contributed by atoms with E-state index in [4.69, 9.17) is 16.3 Å².